The summed E-state index contributed by atoms with van der Waals surface area (Å²) >= 11 is 12.6. The van der Waals surface area contributed by atoms with Crippen molar-refractivity contribution in [1.29, 1.82) is 0 Å². The lowest BCUT2D eigenvalue weighted by molar-refractivity contribution is 0.183. The number of nitrogens with one attached hydrogen (secondary N) is 1. The summed E-state index contributed by atoms with van der Waals surface area (Å²) in [5, 5.41) is 0.244. The van der Waals surface area contributed by atoms with Gasteiger partial charge in [0.1, 0.15) is 8.55 Å². The number of rotatable bonds is 5. The van der Waals surface area contributed by atoms with Crippen molar-refractivity contribution < 1.29 is 13.2 Å². The van der Waals surface area contributed by atoms with E-state index in [9.17, 15) is 8.42 Å². The maximum atomic E-state index is 12.5. The summed E-state index contributed by atoms with van der Waals surface area (Å²) in [6.07, 6.45) is 4.17. The zero-order chi connectivity index (χ0) is 16.4. The zero-order valence-electron chi connectivity index (χ0n) is 11.9. The highest BCUT2D eigenvalue weighted by atomic mass is 35.5. The van der Waals surface area contributed by atoms with Gasteiger partial charge in [0.25, 0.3) is 0 Å². The Hall–Kier alpha value is -0.700. The largest absolute Gasteiger partial charge is 0.379 e. The molecule has 1 fully saturated rings. The maximum Gasteiger partial charge on any atom is 0.250 e. The SMILES string of the molecule is O=S(=O)(N[C@H]1COC[C@H]1Cc1ccncc1)c1cc(Cl)c(Cl)s1. The van der Waals surface area contributed by atoms with Crippen molar-refractivity contribution in [2.24, 2.45) is 5.92 Å². The molecule has 1 saturated heterocycles. The molecule has 0 amide bonds. The Labute approximate surface area is 148 Å². The zero-order valence-corrected chi connectivity index (χ0v) is 15.1. The van der Waals surface area contributed by atoms with Gasteiger partial charge in [0, 0.05) is 18.3 Å². The summed E-state index contributed by atoms with van der Waals surface area (Å²) in [6, 6.07) is 4.92. The minimum absolute atomic E-state index is 0.0677. The Morgan fingerprint density at radius 3 is 2.70 bits per heavy atom. The molecule has 1 N–H and O–H groups in total. The van der Waals surface area contributed by atoms with Crippen molar-refractivity contribution in [2.75, 3.05) is 13.2 Å². The molecule has 2 aromatic heterocycles. The van der Waals surface area contributed by atoms with E-state index < -0.39 is 10.0 Å². The van der Waals surface area contributed by atoms with Crippen LogP contribution in [0, 0.1) is 5.92 Å². The summed E-state index contributed by atoms with van der Waals surface area (Å²) in [7, 11) is -3.66. The highest BCUT2D eigenvalue weighted by Crippen LogP contribution is 2.34. The molecule has 0 unspecified atom stereocenters. The molecule has 124 valence electrons. The van der Waals surface area contributed by atoms with Crippen LogP contribution in [0.5, 0.6) is 0 Å². The Morgan fingerprint density at radius 1 is 1.30 bits per heavy atom. The van der Waals surface area contributed by atoms with E-state index in [-0.39, 0.29) is 25.5 Å². The molecule has 0 saturated carbocycles. The van der Waals surface area contributed by atoms with E-state index in [1.165, 1.54) is 6.07 Å². The molecule has 2 aromatic rings. The number of thiophene rings is 1. The van der Waals surface area contributed by atoms with E-state index >= 15 is 0 Å². The van der Waals surface area contributed by atoms with E-state index in [0.717, 1.165) is 23.3 Å². The van der Waals surface area contributed by atoms with E-state index in [4.69, 9.17) is 27.9 Å². The second kappa shape index (κ2) is 7.04. The fraction of sp³-hybridized carbons (Fsp3) is 0.357. The third kappa shape index (κ3) is 4.04. The van der Waals surface area contributed by atoms with E-state index in [1.54, 1.807) is 12.4 Å². The lowest BCUT2D eigenvalue weighted by Gasteiger charge is -2.18. The second-order valence-corrected chi connectivity index (χ2v) is 9.27. The molecule has 1 aliphatic rings. The Kier molecular flexibility index (Phi) is 5.25. The van der Waals surface area contributed by atoms with Crippen LogP contribution in [0.1, 0.15) is 5.56 Å². The van der Waals surface area contributed by atoms with Gasteiger partial charge in [0.2, 0.25) is 10.0 Å². The Bertz CT molecular complexity index is 761. The highest BCUT2D eigenvalue weighted by Gasteiger charge is 2.33. The number of nitrogens with zero attached hydrogens (tertiary/aromatic N) is 1. The first-order valence-electron chi connectivity index (χ1n) is 6.89. The second-order valence-electron chi connectivity index (χ2n) is 5.27. The maximum absolute atomic E-state index is 12.5. The monoisotopic (exact) mass is 392 g/mol. The van der Waals surface area contributed by atoms with Crippen LogP contribution in [0.2, 0.25) is 9.36 Å². The molecule has 0 aromatic carbocycles. The molecule has 5 nitrogen and oxygen atoms in total. The molecule has 3 heterocycles. The lowest BCUT2D eigenvalue weighted by Crippen LogP contribution is -2.40. The summed E-state index contributed by atoms with van der Waals surface area (Å²) in [5.41, 5.74) is 1.10. The average Bonchev–Trinajstić information content (AvgIpc) is 3.08. The number of aromatic nitrogens is 1. The quantitative estimate of drug-likeness (QED) is 0.848. The first kappa shape index (κ1) is 17.1. The van der Waals surface area contributed by atoms with Crippen LogP contribution < -0.4 is 4.72 Å². The first-order valence-corrected chi connectivity index (χ1v) is 9.95. The van der Waals surface area contributed by atoms with Crippen molar-refractivity contribution >= 4 is 44.6 Å². The lowest BCUT2D eigenvalue weighted by atomic mass is 9.96. The van der Waals surface area contributed by atoms with Crippen molar-refractivity contribution in [3.63, 3.8) is 0 Å². The average molecular weight is 393 g/mol. The molecule has 1 aliphatic heterocycles. The van der Waals surface area contributed by atoms with Crippen LogP contribution >= 0.6 is 34.5 Å². The predicted molar refractivity (Wildman–Crippen MR) is 90.7 cm³/mol. The van der Waals surface area contributed by atoms with Gasteiger partial charge in [-0.25, -0.2) is 13.1 Å². The Morgan fingerprint density at radius 2 is 2.04 bits per heavy atom. The topological polar surface area (TPSA) is 68.3 Å². The van der Waals surface area contributed by atoms with Crippen LogP contribution in [0.4, 0.5) is 0 Å². The summed E-state index contributed by atoms with van der Waals surface area (Å²) in [6.45, 7) is 0.864. The fourth-order valence-corrected chi connectivity index (χ4v) is 5.65. The smallest absolute Gasteiger partial charge is 0.250 e. The van der Waals surface area contributed by atoms with E-state index in [1.807, 2.05) is 12.1 Å². The number of hydrogen-bond donors (Lipinski definition) is 1. The van der Waals surface area contributed by atoms with Gasteiger partial charge >= 0.3 is 0 Å². The van der Waals surface area contributed by atoms with E-state index in [0.29, 0.717) is 13.2 Å². The van der Waals surface area contributed by atoms with Gasteiger partial charge in [-0.2, -0.15) is 0 Å². The van der Waals surface area contributed by atoms with Gasteiger partial charge in [0.15, 0.2) is 0 Å². The van der Waals surface area contributed by atoms with Gasteiger partial charge in [-0.05, 0) is 30.2 Å². The molecular formula is C14H14Cl2N2O3S2. The van der Waals surface area contributed by atoms with Gasteiger partial charge < -0.3 is 4.74 Å². The highest BCUT2D eigenvalue weighted by molar-refractivity contribution is 7.91. The van der Waals surface area contributed by atoms with Crippen molar-refractivity contribution in [3.05, 3.63) is 45.5 Å². The third-order valence-electron chi connectivity index (χ3n) is 3.64. The minimum atomic E-state index is -3.66. The minimum Gasteiger partial charge on any atom is -0.379 e. The number of halogens is 2. The van der Waals surface area contributed by atoms with Crippen LogP contribution in [-0.2, 0) is 21.2 Å². The van der Waals surface area contributed by atoms with Crippen molar-refractivity contribution in [2.45, 2.75) is 16.7 Å². The molecule has 23 heavy (non-hydrogen) atoms. The van der Waals surface area contributed by atoms with Crippen molar-refractivity contribution in [3.8, 4) is 0 Å². The summed E-state index contributed by atoms with van der Waals surface area (Å²) < 4.78 is 33.5. The van der Waals surface area contributed by atoms with Gasteiger partial charge in [-0.3, -0.25) is 4.98 Å². The number of ether oxygens (including phenoxy) is 1. The van der Waals surface area contributed by atoms with Crippen LogP contribution in [0.3, 0.4) is 0 Å². The number of sulfonamides is 1. The standard InChI is InChI=1S/C14H14Cl2N2O3S2/c15-11-6-13(22-14(11)16)23(19,20)18-12-8-21-7-10(12)5-9-1-3-17-4-2-9/h1-4,6,10,12,18H,5,7-8H2/t10-,12+/m1/s1. The first-order chi connectivity index (χ1) is 11.0. The normalized spacial score (nSPS) is 21.7. The molecule has 9 heteroatoms. The van der Waals surface area contributed by atoms with Gasteiger partial charge in [-0.15, -0.1) is 11.3 Å². The third-order valence-corrected chi connectivity index (χ3v) is 7.47. The number of hydrogen-bond acceptors (Lipinski definition) is 5. The van der Waals surface area contributed by atoms with E-state index in [2.05, 4.69) is 9.71 Å². The molecule has 0 aliphatic carbocycles. The molecule has 0 radical (unpaired) electrons. The van der Waals surface area contributed by atoms with Crippen LogP contribution in [-0.4, -0.2) is 32.7 Å². The molecule has 0 spiro atoms. The van der Waals surface area contributed by atoms with Crippen LogP contribution in [0.25, 0.3) is 0 Å². The fourth-order valence-electron chi connectivity index (χ4n) is 2.47. The molecular weight excluding hydrogens is 379 g/mol. The number of pyridine rings is 1. The molecule has 0 bridgehead atoms. The van der Waals surface area contributed by atoms with Gasteiger partial charge in [-0.1, -0.05) is 23.2 Å². The van der Waals surface area contributed by atoms with Gasteiger partial charge in [0.05, 0.1) is 24.3 Å². The van der Waals surface area contributed by atoms with Crippen molar-refractivity contribution in [1.82, 2.24) is 9.71 Å². The molecule has 2 atom stereocenters. The predicted octanol–water partition coefficient (Wildman–Crippen LogP) is 2.99. The molecule has 3 rings (SSSR count). The Balaban J connectivity index is 1.73. The summed E-state index contributed by atoms with van der Waals surface area (Å²) in [5.74, 6) is 0.0677. The van der Waals surface area contributed by atoms with Crippen LogP contribution in [0.15, 0.2) is 34.8 Å². The summed E-state index contributed by atoms with van der Waals surface area (Å²) in [4.78, 5) is 3.98.